The standard InChI is InChI=1S/C22H19F3N2O5/c1-21(2)20(30)26-16-5-3-4-6-17(16)27(21)18(28)13-31-19(29)12-9-14-7-10-15(11-8-14)32-22(23,24)25/h3-12H,13H2,1-2H3,(H,26,30)/b12-9+. The Morgan fingerprint density at radius 1 is 1.09 bits per heavy atom. The number of nitrogens with one attached hydrogen (secondary N) is 1. The van der Waals surface area contributed by atoms with E-state index in [0.717, 1.165) is 18.2 Å². The minimum absolute atomic E-state index is 0.381. The third-order valence-corrected chi connectivity index (χ3v) is 4.62. The van der Waals surface area contributed by atoms with Crippen LogP contribution in [0.3, 0.4) is 0 Å². The molecule has 0 aliphatic carbocycles. The summed E-state index contributed by atoms with van der Waals surface area (Å²) in [6, 6.07) is 11.6. The van der Waals surface area contributed by atoms with Crippen molar-refractivity contribution < 1.29 is 37.0 Å². The quantitative estimate of drug-likeness (QED) is 0.554. The SMILES string of the molecule is CC1(C)C(=O)Nc2ccccc2N1C(=O)COC(=O)/C=C/c1ccc(OC(F)(F)F)cc1. The first kappa shape index (κ1) is 22.9. The van der Waals surface area contributed by atoms with Gasteiger partial charge in [-0.1, -0.05) is 24.3 Å². The average molecular weight is 448 g/mol. The van der Waals surface area contributed by atoms with Crippen LogP contribution < -0.4 is 15.0 Å². The third kappa shape index (κ3) is 5.26. The topological polar surface area (TPSA) is 84.9 Å². The Morgan fingerprint density at radius 2 is 1.75 bits per heavy atom. The fourth-order valence-corrected chi connectivity index (χ4v) is 3.09. The van der Waals surface area contributed by atoms with E-state index < -0.39 is 36.1 Å². The number of halogens is 3. The second kappa shape index (κ2) is 8.74. The minimum Gasteiger partial charge on any atom is -0.452 e. The van der Waals surface area contributed by atoms with Gasteiger partial charge in [0.2, 0.25) is 5.91 Å². The Balaban J connectivity index is 1.62. The van der Waals surface area contributed by atoms with Gasteiger partial charge >= 0.3 is 12.3 Å². The van der Waals surface area contributed by atoms with E-state index in [4.69, 9.17) is 4.74 Å². The molecule has 10 heteroatoms. The highest BCUT2D eigenvalue weighted by Crippen LogP contribution is 2.36. The molecule has 1 heterocycles. The maximum Gasteiger partial charge on any atom is 0.573 e. The van der Waals surface area contributed by atoms with Gasteiger partial charge < -0.3 is 14.8 Å². The molecule has 0 fully saturated rings. The summed E-state index contributed by atoms with van der Waals surface area (Å²) in [5, 5.41) is 2.73. The first-order chi connectivity index (χ1) is 15.0. The lowest BCUT2D eigenvalue weighted by Crippen LogP contribution is -2.59. The average Bonchev–Trinajstić information content (AvgIpc) is 2.71. The van der Waals surface area contributed by atoms with Crippen molar-refractivity contribution in [2.24, 2.45) is 0 Å². The molecule has 168 valence electrons. The number of carbonyl (C=O) groups excluding carboxylic acids is 3. The second-order valence-electron chi connectivity index (χ2n) is 7.32. The predicted octanol–water partition coefficient (Wildman–Crippen LogP) is 3.91. The summed E-state index contributed by atoms with van der Waals surface area (Å²) >= 11 is 0. The van der Waals surface area contributed by atoms with Crippen LogP contribution in [0, 0.1) is 0 Å². The van der Waals surface area contributed by atoms with E-state index in [1.807, 2.05) is 0 Å². The largest absolute Gasteiger partial charge is 0.573 e. The van der Waals surface area contributed by atoms with E-state index in [0.29, 0.717) is 16.9 Å². The lowest BCUT2D eigenvalue weighted by molar-refractivity contribution is -0.274. The van der Waals surface area contributed by atoms with Gasteiger partial charge in [-0.25, -0.2) is 4.79 Å². The molecule has 32 heavy (non-hydrogen) atoms. The molecule has 0 aromatic heterocycles. The van der Waals surface area contributed by atoms with Crippen molar-refractivity contribution in [1.29, 1.82) is 0 Å². The summed E-state index contributed by atoms with van der Waals surface area (Å²) in [4.78, 5) is 38.5. The number of para-hydroxylation sites is 2. The molecule has 3 rings (SSSR count). The molecule has 1 aliphatic rings. The zero-order chi connectivity index (χ0) is 23.5. The highest BCUT2D eigenvalue weighted by Gasteiger charge is 2.43. The van der Waals surface area contributed by atoms with Crippen LogP contribution in [-0.2, 0) is 19.1 Å². The van der Waals surface area contributed by atoms with Crippen molar-refractivity contribution in [2.75, 3.05) is 16.8 Å². The lowest BCUT2D eigenvalue weighted by atomic mass is 9.96. The van der Waals surface area contributed by atoms with E-state index in [1.165, 1.54) is 23.1 Å². The molecule has 7 nitrogen and oxygen atoms in total. The Kier molecular flexibility index (Phi) is 6.24. The molecule has 2 aromatic carbocycles. The summed E-state index contributed by atoms with van der Waals surface area (Å²) in [6.07, 6.45) is -2.44. The van der Waals surface area contributed by atoms with Crippen molar-refractivity contribution in [1.82, 2.24) is 0 Å². The highest BCUT2D eigenvalue weighted by atomic mass is 19.4. The number of alkyl halides is 3. The maximum absolute atomic E-state index is 12.8. The molecule has 1 aliphatic heterocycles. The van der Waals surface area contributed by atoms with Crippen LogP contribution in [0.15, 0.2) is 54.6 Å². The molecule has 2 amide bonds. The Morgan fingerprint density at radius 3 is 2.41 bits per heavy atom. The van der Waals surface area contributed by atoms with E-state index in [1.54, 1.807) is 38.1 Å². The number of fused-ring (bicyclic) bond motifs is 1. The summed E-state index contributed by atoms with van der Waals surface area (Å²) < 4.78 is 45.3. The maximum atomic E-state index is 12.8. The summed E-state index contributed by atoms with van der Waals surface area (Å²) in [5.41, 5.74) is 0.170. The van der Waals surface area contributed by atoms with Gasteiger partial charge in [-0.2, -0.15) is 0 Å². The molecular weight excluding hydrogens is 429 g/mol. The van der Waals surface area contributed by atoms with Crippen molar-refractivity contribution >= 4 is 35.2 Å². The lowest BCUT2D eigenvalue weighted by Gasteiger charge is -2.41. The van der Waals surface area contributed by atoms with E-state index in [9.17, 15) is 27.6 Å². The number of nitrogens with zero attached hydrogens (tertiary/aromatic N) is 1. The van der Waals surface area contributed by atoms with Crippen LogP contribution >= 0.6 is 0 Å². The van der Waals surface area contributed by atoms with Gasteiger partial charge in [0.15, 0.2) is 6.61 Å². The van der Waals surface area contributed by atoms with Gasteiger partial charge in [-0.3, -0.25) is 14.5 Å². The Bertz CT molecular complexity index is 1060. The Hall–Kier alpha value is -3.82. The van der Waals surface area contributed by atoms with Crippen molar-refractivity contribution in [3.8, 4) is 5.75 Å². The number of amides is 2. The van der Waals surface area contributed by atoms with Crippen LogP contribution in [0.4, 0.5) is 24.5 Å². The fraction of sp³-hybridized carbons (Fsp3) is 0.227. The number of ether oxygens (including phenoxy) is 2. The van der Waals surface area contributed by atoms with Crippen molar-refractivity contribution in [2.45, 2.75) is 25.7 Å². The molecule has 0 saturated carbocycles. The smallest absolute Gasteiger partial charge is 0.452 e. The molecule has 0 radical (unpaired) electrons. The molecule has 0 bridgehead atoms. The van der Waals surface area contributed by atoms with Gasteiger partial charge in [0.25, 0.3) is 5.91 Å². The normalized spacial score (nSPS) is 15.2. The van der Waals surface area contributed by atoms with Crippen LogP contribution in [0.1, 0.15) is 19.4 Å². The van der Waals surface area contributed by atoms with Gasteiger partial charge in [0.05, 0.1) is 11.4 Å². The highest BCUT2D eigenvalue weighted by molar-refractivity contribution is 6.14. The molecule has 2 aromatic rings. The molecule has 0 spiro atoms. The molecule has 0 saturated heterocycles. The summed E-state index contributed by atoms with van der Waals surface area (Å²) in [6.45, 7) is 2.54. The summed E-state index contributed by atoms with van der Waals surface area (Å²) in [7, 11) is 0. The van der Waals surface area contributed by atoms with Crippen molar-refractivity contribution in [3.63, 3.8) is 0 Å². The second-order valence-corrected chi connectivity index (χ2v) is 7.32. The minimum atomic E-state index is -4.79. The number of carbonyl (C=O) groups is 3. The first-order valence-electron chi connectivity index (χ1n) is 9.41. The summed E-state index contributed by atoms with van der Waals surface area (Å²) in [5.74, 6) is -2.20. The molecule has 0 atom stereocenters. The van der Waals surface area contributed by atoms with Gasteiger partial charge in [-0.05, 0) is 49.8 Å². The number of rotatable bonds is 5. The number of hydrogen-bond donors (Lipinski definition) is 1. The van der Waals surface area contributed by atoms with Gasteiger partial charge in [0, 0.05) is 6.08 Å². The van der Waals surface area contributed by atoms with Gasteiger partial charge in [0.1, 0.15) is 11.3 Å². The molecule has 0 unspecified atom stereocenters. The first-order valence-corrected chi connectivity index (χ1v) is 9.41. The van der Waals surface area contributed by atoms with Crippen LogP contribution in [-0.4, -0.2) is 36.3 Å². The van der Waals surface area contributed by atoms with Crippen molar-refractivity contribution in [3.05, 3.63) is 60.2 Å². The third-order valence-electron chi connectivity index (χ3n) is 4.62. The van der Waals surface area contributed by atoms with Crippen LogP contribution in [0.5, 0.6) is 5.75 Å². The molecular formula is C22H19F3N2O5. The van der Waals surface area contributed by atoms with E-state index in [-0.39, 0.29) is 5.91 Å². The predicted molar refractivity (Wildman–Crippen MR) is 110 cm³/mol. The van der Waals surface area contributed by atoms with E-state index >= 15 is 0 Å². The Labute approximate surface area is 181 Å². The van der Waals surface area contributed by atoms with E-state index in [2.05, 4.69) is 10.1 Å². The fourth-order valence-electron chi connectivity index (χ4n) is 3.09. The van der Waals surface area contributed by atoms with Crippen LogP contribution in [0.2, 0.25) is 0 Å². The van der Waals surface area contributed by atoms with Gasteiger partial charge in [-0.15, -0.1) is 13.2 Å². The zero-order valence-corrected chi connectivity index (χ0v) is 17.1. The monoisotopic (exact) mass is 448 g/mol. The zero-order valence-electron chi connectivity index (χ0n) is 17.1. The van der Waals surface area contributed by atoms with Crippen LogP contribution in [0.25, 0.3) is 6.08 Å². The molecule has 1 N–H and O–H groups in total. The number of anilines is 2. The number of esters is 1. The number of hydrogen-bond acceptors (Lipinski definition) is 5. The number of benzene rings is 2.